The van der Waals surface area contributed by atoms with E-state index in [2.05, 4.69) is 5.32 Å². The zero-order valence-corrected chi connectivity index (χ0v) is 20.0. The van der Waals surface area contributed by atoms with Gasteiger partial charge >= 0.3 is 12.1 Å². The van der Waals surface area contributed by atoms with E-state index in [0.29, 0.717) is 11.3 Å². The van der Waals surface area contributed by atoms with Crippen molar-refractivity contribution in [2.75, 3.05) is 5.32 Å². The standard InChI is InChI=1S/C26H24ClF4NO3/c1-15(2)24(32-22-10-7-18(13-20(22)27)26(29,30)31)25(33)34-14-17-5-8-19(9-6-17)35-23-11-4-16(3)12-21(23)28/h4-13,15,24,32H,14H2,1-3H3. The van der Waals surface area contributed by atoms with E-state index in [9.17, 15) is 22.4 Å². The quantitative estimate of drug-likeness (QED) is 0.249. The number of nitrogens with one attached hydrogen (secondary N) is 1. The Labute approximate surface area is 205 Å². The van der Waals surface area contributed by atoms with Gasteiger partial charge in [0.2, 0.25) is 0 Å². The van der Waals surface area contributed by atoms with Gasteiger partial charge in [0.15, 0.2) is 11.6 Å². The molecule has 0 aromatic heterocycles. The number of aryl methyl sites for hydroxylation is 1. The smallest absolute Gasteiger partial charge is 0.416 e. The number of alkyl halides is 3. The fraction of sp³-hybridized carbons (Fsp3) is 0.269. The first-order valence-electron chi connectivity index (χ1n) is 10.8. The summed E-state index contributed by atoms with van der Waals surface area (Å²) in [7, 11) is 0. The Kier molecular flexibility index (Phi) is 8.27. The first kappa shape index (κ1) is 26.3. The summed E-state index contributed by atoms with van der Waals surface area (Å²) in [5.74, 6) is -0.772. The van der Waals surface area contributed by atoms with Gasteiger partial charge in [0.1, 0.15) is 18.4 Å². The second-order valence-electron chi connectivity index (χ2n) is 8.35. The third kappa shape index (κ3) is 7.11. The van der Waals surface area contributed by atoms with Crippen LogP contribution in [0.1, 0.15) is 30.5 Å². The summed E-state index contributed by atoms with van der Waals surface area (Å²) >= 11 is 6.00. The zero-order chi connectivity index (χ0) is 25.8. The van der Waals surface area contributed by atoms with E-state index in [0.717, 1.165) is 17.7 Å². The fourth-order valence-corrected chi connectivity index (χ4v) is 3.42. The van der Waals surface area contributed by atoms with E-state index < -0.39 is 29.6 Å². The summed E-state index contributed by atoms with van der Waals surface area (Å²) in [5.41, 5.74) is 0.765. The Balaban J connectivity index is 1.61. The molecule has 3 aromatic carbocycles. The molecule has 0 saturated heterocycles. The molecule has 0 amide bonds. The molecule has 0 aliphatic rings. The molecule has 9 heteroatoms. The van der Waals surface area contributed by atoms with Gasteiger partial charge in [0.05, 0.1) is 16.3 Å². The Morgan fingerprint density at radius 1 is 1.03 bits per heavy atom. The van der Waals surface area contributed by atoms with Crippen LogP contribution in [0.25, 0.3) is 0 Å². The van der Waals surface area contributed by atoms with E-state index >= 15 is 0 Å². The molecule has 35 heavy (non-hydrogen) atoms. The Morgan fingerprint density at radius 3 is 2.29 bits per heavy atom. The summed E-state index contributed by atoms with van der Waals surface area (Å²) in [6.07, 6.45) is -4.52. The number of carbonyl (C=O) groups is 1. The van der Waals surface area contributed by atoms with Crippen molar-refractivity contribution in [3.05, 3.63) is 88.2 Å². The van der Waals surface area contributed by atoms with Crippen LogP contribution in [0.5, 0.6) is 11.5 Å². The number of carbonyl (C=O) groups excluding carboxylic acids is 1. The minimum Gasteiger partial charge on any atom is -0.459 e. The van der Waals surface area contributed by atoms with Gasteiger partial charge < -0.3 is 14.8 Å². The first-order valence-corrected chi connectivity index (χ1v) is 11.1. The molecule has 0 spiro atoms. The van der Waals surface area contributed by atoms with Crippen LogP contribution in [-0.4, -0.2) is 12.0 Å². The molecule has 1 N–H and O–H groups in total. The molecule has 0 heterocycles. The first-order chi connectivity index (χ1) is 16.4. The van der Waals surface area contributed by atoms with Gasteiger partial charge in [-0.2, -0.15) is 13.2 Å². The van der Waals surface area contributed by atoms with Crippen molar-refractivity contribution in [2.45, 2.75) is 39.6 Å². The van der Waals surface area contributed by atoms with E-state index in [1.54, 1.807) is 57.2 Å². The van der Waals surface area contributed by atoms with E-state index in [4.69, 9.17) is 21.1 Å². The summed E-state index contributed by atoms with van der Waals surface area (Å²) in [6, 6.07) is 13.3. The molecule has 0 saturated carbocycles. The number of rotatable bonds is 8. The molecule has 0 fully saturated rings. The van der Waals surface area contributed by atoms with E-state index in [-0.39, 0.29) is 29.0 Å². The van der Waals surface area contributed by atoms with Gasteiger partial charge in [-0.15, -0.1) is 0 Å². The van der Waals surface area contributed by atoms with Crippen LogP contribution in [0.15, 0.2) is 60.7 Å². The topological polar surface area (TPSA) is 47.6 Å². The normalized spacial score (nSPS) is 12.4. The lowest BCUT2D eigenvalue weighted by Gasteiger charge is -2.23. The van der Waals surface area contributed by atoms with E-state index in [1.165, 1.54) is 12.1 Å². The third-order valence-electron chi connectivity index (χ3n) is 5.15. The molecule has 3 aromatic rings. The van der Waals surface area contributed by atoms with Crippen LogP contribution in [0.3, 0.4) is 0 Å². The number of ether oxygens (including phenoxy) is 2. The lowest BCUT2D eigenvalue weighted by atomic mass is 10.0. The summed E-state index contributed by atoms with van der Waals surface area (Å²) in [6.45, 7) is 5.28. The van der Waals surface area contributed by atoms with Crippen molar-refractivity contribution in [3.8, 4) is 11.5 Å². The molecular weight excluding hydrogens is 486 g/mol. The summed E-state index contributed by atoms with van der Waals surface area (Å²) in [5, 5.41) is 2.72. The Morgan fingerprint density at radius 2 is 1.71 bits per heavy atom. The Hall–Kier alpha value is -3.26. The van der Waals surface area contributed by atoms with Gasteiger partial charge in [0.25, 0.3) is 0 Å². The van der Waals surface area contributed by atoms with Crippen LogP contribution in [0, 0.1) is 18.7 Å². The SMILES string of the molecule is Cc1ccc(Oc2ccc(COC(=O)C(Nc3ccc(C(F)(F)F)cc3Cl)C(C)C)cc2)c(F)c1. The predicted octanol–water partition coefficient (Wildman–Crippen LogP) is 7.78. The second-order valence-corrected chi connectivity index (χ2v) is 8.75. The monoisotopic (exact) mass is 509 g/mol. The number of esters is 1. The van der Waals surface area contributed by atoms with Gasteiger partial charge in [-0.1, -0.05) is 43.6 Å². The van der Waals surface area contributed by atoms with Gasteiger partial charge in [0, 0.05) is 0 Å². The van der Waals surface area contributed by atoms with Crippen molar-refractivity contribution >= 4 is 23.3 Å². The molecule has 186 valence electrons. The number of hydrogen-bond donors (Lipinski definition) is 1. The average molecular weight is 510 g/mol. The number of hydrogen-bond acceptors (Lipinski definition) is 4. The largest absolute Gasteiger partial charge is 0.459 e. The van der Waals surface area contributed by atoms with Gasteiger partial charge in [-0.25, -0.2) is 9.18 Å². The molecule has 0 aliphatic heterocycles. The van der Waals surface area contributed by atoms with Crippen LogP contribution in [0.4, 0.5) is 23.2 Å². The number of halogens is 5. The molecule has 0 aliphatic carbocycles. The highest BCUT2D eigenvalue weighted by Gasteiger charge is 2.31. The van der Waals surface area contributed by atoms with Crippen molar-refractivity contribution in [1.29, 1.82) is 0 Å². The summed E-state index contributed by atoms with van der Waals surface area (Å²) in [4.78, 5) is 12.7. The van der Waals surface area contributed by atoms with Crippen molar-refractivity contribution < 1.29 is 31.8 Å². The molecule has 1 unspecified atom stereocenters. The molecule has 0 bridgehead atoms. The third-order valence-corrected chi connectivity index (χ3v) is 5.46. The lowest BCUT2D eigenvalue weighted by molar-refractivity contribution is -0.147. The number of anilines is 1. The maximum atomic E-state index is 14.0. The second kappa shape index (κ2) is 11.0. The lowest BCUT2D eigenvalue weighted by Crippen LogP contribution is -2.36. The molecule has 1 atom stereocenters. The molecular formula is C26H24ClF4NO3. The highest BCUT2D eigenvalue weighted by Crippen LogP contribution is 2.34. The van der Waals surface area contributed by atoms with E-state index in [1.807, 2.05) is 0 Å². The minimum absolute atomic E-state index is 0.0380. The number of benzene rings is 3. The minimum atomic E-state index is -4.52. The van der Waals surface area contributed by atoms with Crippen LogP contribution in [0.2, 0.25) is 5.02 Å². The highest BCUT2D eigenvalue weighted by atomic mass is 35.5. The summed E-state index contributed by atoms with van der Waals surface area (Å²) < 4.78 is 63.5. The van der Waals surface area contributed by atoms with Crippen LogP contribution < -0.4 is 10.1 Å². The van der Waals surface area contributed by atoms with Crippen molar-refractivity contribution in [2.24, 2.45) is 5.92 Å². The molecule has 3 rings (SSSR count). The Bertz CT molecular complexity index is 1180. The van der Waals surface area contributed by atoms with Crippen LogP contribution in [-0.2, 0) is 22.3 Å². The maximum Gasteiger partial charge on any atom is 0.416 e. The van der Waals surface area contributed by atoms with Crippen molar-refractivity contribution in [3.63, 3.8) is 0 Å². The zero-order valence-electron chi connectivity index (χ0n) is 19.2. The molecule has 4 nitrogen and oxygen atoms in total. The highest BCUT2D eigenvalue weighted by molar-refractivity contribution is 6.33. The van der Waals surface area contributed by atoms with Gasteiger partial charge in [-0.3, -0.25) is 0 Å². The van der Waals surface area contributed by atoms with Crippen LogP contribution >= 0.6 is 11.6 Å². The fourth-order valence-electron chi connectivity index (χ4n) is 3.19. The van der Waals surface area contributed by atoms with Crippen molar-refractivity contribution in [1.82, 2.24) is 0 Å². The average Bonchev–Trinajstić information content (AvgIpc) is 2.78. The maximum absolute atomic E-state index is 14.0. The molecule has 0 radical (unpaired) electrons. The predicted molar refractivity (Wildman–Crippen MR) is 126 cm³/mol. The van der Waals surface area contributed by atoms with Gasteiger partial charge in [-0.05, 0) is 66.4 Å².